The summed E-state index contributed by atoms with van der Waals surface area (Å²) in [4.78, 5) is 26.1. The van der Waals surface area contributed by atoms with Gasteiger partial charge in [-0.05, 0) is 56.2 Å². The fourth-order valence-electron chi connectivity index (χ4n) is 2.49. The van der Waals surface area contributed by atoms with Gasteiger partial charge in [0.2, 0.25) is 5.91 Å². The lowest BCUT2D eigenvalue weighted by atomic mass is 10.1. The van der Waals surface area contributed by atoms with Crippen molar-refractivity contribution in [3.8, 4) is 5.75 Å². The van der Waals surface area contributed by atoms with Crippen molar-refractivity contribution in [3.05, 3.63) is 57.6 Å². The third-order valence-electron chi connectivity index (χ3n) is 4.18. The molecule has 0 spiro atoms. The van der Waals surface area contributed by atoms with Gasteiger partial charge >= 0.3 is 0 Å². The fraction of sp³-hybridized carbons (Fsp3) is 0.300. The van der Waals surface area contributed by atoms with E-state index in [1.54, 1.807) is 26.1 Å². The van der Waals surface area contributed by atoms with Crippen molar-refractivity contribution in [1.82, 2.24) is 4.90 Å². The van der Waals surface area contributed by atoms with Gasteiger partial charge in [-0.1, -0.05) is 35.3 Å². The summed E-state index contributed by atoms with van der Waals surface area (Å²) in [7, 11) is 1.55. The molecule has 1 atom stereocenters. The Balaban J connectivity index is 1.95. The number of carbonyl (C=O) groups excluding carboxylic acids is 2. The first-order chi connectivity index (χ1) is 12.7. The number of hydrogen-bond donors (Lipinski definition) is 1. The first-order valence-corrected chi connectivity index (χ1v) is 9.17. The fourth-order valence-corrected chi connectivity index (χ4v) is 2.94. The SMILES string of the molecule is Cc1cccc(NC(=O)CN(C)C(=O)C(C)Oc2ccc(Cl)cc2Cl)c1C. The zero-order chi connectivity index (χ0) is 20.1. The van der Waals surface area contributed by atoms with Gasteiger partial charge in [-0.15, -0.1) is 0 Å². The van der Waals surface area contributed by atoms with Crippen LogP contribution in [0.1, 0.15) is 18.1 Å². The number of likely N-dealkylation sites (N-methyl/N-ethyl adjacent to an activating group) is 1. The third-order valence-corrected chi connectivity index (χ3v) is 4.71. The molecule has 27 heavy (non-hydrogen) atoms. The molecule has 2 aromatic rings. The molecule has 7 heteroatoms. The first kappa shape index (κ1) is 21.1. The van der Waals surface area contributed by atoms with E-state index in [2.05, 4.69) is 5.32 Å². The average Bonchev–Trinajstić information content (AvgIpc) is 2.60. The molecule has 2 rings (SSSR count). The molecule has 2 aromatic carbocycles. The van der Waals surface area contributed by atoms with Gasteiger partial charge in [0.15, 0.2) is 6.10 Å². The molecule has 2 amide bonds. The van der Waals surface area contributed by atoms with Crippen molar-refractivity contribution < 1.29 is 14.3 Å². The molecular weight excluding hydrogens is 387 g/mol. The minimum atomic E-state index is -0.804. The molecule has 1 unspecified atom stereocenters. The van der Waals surface area contributed by atoms with Crippen LogP contribution in [0.25, 0.3) is 0 Å². The second-order valence-electron chi connectivity index (χ2n) is 6.32. The molecule has 0 aliphatic heterocycles. The number of halogens is 2. The van der Waals surface area contributed by atoms with Gasteiger partial charge in [0.1, 0.15) is 5.75 Å². The van der Waals surface area contributed by atoms with Crippen molar-refractivity contribution in [2.75, 3.05) is 18.9 Å². The maximum absolute atomic E-state index is 12.5. The van der Waals surface area contributed by atoms with Gasteiger partial charge in [0, 0.05) is 17.8 Å². The molecule has 0 saturated heterocycles. The minimum absolute atomic E-state index is 0.0890. The van der Waals surface area contributed by atoms with E-state index >= 15 is 0 Å². The number of hydrogen-bond acceptors (Lipinski definition) is 3. The molecule has 0 bridgehead atoms. The van der Waals surface area contributed by atoms with E-state index < -0.39 is 6.10 Å². The number of anilines is 1. The van der Waals surface area contributed by atoms with Crippen LogP contribution in [0.3, 0.4) is 0 Å². The Kier molecular flexibility index (Phi) is 7.11. The molecule has 0 aliphatic carbocycles. The van der Waals surface area contributed by atoms with Crippen LogP contribution in [0.15, 0.2) is 36.4 Å². The number of nitrogens with zero attached hydrogens (tertiary/aromatic N) is 1. The molecular formula is C20H22Cl2N2O3. The van der Waals surface area contributed by atoms with Crippen LogP contribution in [-0.4, -0.2) is 36.4 Å². The number of rotatable bonds is 6. The number of nitrogens with one attached hydrogen (secondary N) is 1. The van der Waals surface area contributed by atoms with Gasteiger partial charge in [-0.3, -0.25) is 9.59 Å². The average molecular weight is 409 g/mol. The number of amides is 2. The highest BCUT2D eigenvalue weighted by Gasteiger charge is 2.22. The summed E-state index contributed by atoms with van der Waals surface area (Å²) in [6.45, 7) is 5.42. The van der Waals surface area contributed by atoms with E-state index in [1.807, 2.05) is 32.0 Å². The molecule has 1 N–H and O–H groups in total. The Morgan fingerprint density at radius 1 is 1.19 bits per heavy atom. The quantitative estimate of drug-likeness (QED) is 0.766. The summed E-state index contributed by atoms with van der Waals surface area (Å²) in [5.74, 6) is -0.261. The molecule has 5 nitrogen and oxygen atoms in total. The van der Waals surface area contributed by atoms with Crippen LogP contribution in [-0.2, 0) is 9.59 Å². The standard InChI is InChI=1S/C20H22Cl2N2O3/c1-12-6-5-7-17(13(12)2)23-19(25)11-24(4)20(26)14(3)27-18-9-8-15(21)10-16(18)22/h5-10,14H,11H2,1-4H3,(H,23,25). The van der Waals surface area contributed by atoms with Gasteiger partial charge in [-0.25, -0.2) is 0 Å². The summed E-state index contributed by atoms with van der Waals surface area (Å²) in [6, 6.07) is 10.4. The van der Waals surface area contributed by atoms with E-state index in [9.17, 15) is 9.59 Å². The van der Waals surface area contributed by atoms with Crippen LogP contribution in [0, 0.1) is 13.8 Å². The van der Waals surface area contributed by atoms with Gasteiger partial charge in [-0.2, -0.15) is 0 Å². The Hall–Kier alpha value is -2.24. The zero-order valence-electron chi connectivity index (χ0n) is 15.7. The van der Waals surface area contributed by atoms with Gasteiger partial charge < -0.3 is 15.0 Å². The first-order valence-electron chi connectivity index (χ1n) is 8.41. The van der Waals surface area contributed by atoms with Crippen LogP contribution >= 0.6 is 23.2 Å². The van der Waals surface area contributed by atoms with Crippen molar-refractivity contribution in [3.63, 3.8) is 0 Å². The highest BCUT2D eigenvalue weighted by Crippen LogP contribution is 2.28. The molecule has 0 saturated carbocycles. The smallest absolute Gasteiger partial charge is 0.263 e. The minimum Gasteiger partial charge on any atom is -0.479 e. The summed E-state index contributed by atoms with van der Waals surface area (Å²) in [5.41, 5.74) is 2.81. The number of aryl methyl sites for hydroxylation is 1. The summed E-state index contributed by atoms with van der Waals surface area (Å²) >= 11 is 11.9. The van der Waals surface area contributed by atoms with Gasteiger partial charge in [0.05, 0.1) is 11.6 Å². The van der Waals surface area contributed by atoms with E-state index in [4.69, 9.17) is 27.9 Å². The van der Waals surface area contributed by atoms with Crippen molar-refractivity contribution in [1.29, 1.82) is 0 Å². The third kappa shape index (κ3) is 5.62. The van der Waals surface area contributed by atoms with Crippen LogP contribution in [0.4, 0.5) is 5.69 Å². The van der Waals surface area contributed by atoms with Crippen LogP contribution in [0.2, 0.25) is 10.0 Å². The Morgan fingerprint density at radius 3 is 2.56 bits per heavy atom. The summed E-state index contributed by atoms with van der Waals surface area (Å²) in [6.07, 6.45) is -0.804. The Morgan fingerprint density at radius 2 is 1.89 bits per heavy atom. The molecule has 144 valence electrons. The molecule has 0 radical (unpaired) electrons. The predicted molar refractivity (Wildman–Crippen MR) is 109 cm³/mol. The second-order valence-corrected chi connectivity index (χ2v) is 7.17. The predicted octanol–water partition coefficient (Wildman–Crippen LogP) is 4.47. The number of benzene rings is 2. The van der Waals surface area contributed by atoms with E-state index in [0.717, 1.165) is 16.8 Å². The summed E-state index contributed by atoms with van der Waals surface area (Å²) < 4.78 is 5.60. The highest BCUT2D eigenvalue weighted by molar-refractivity contribution is 6.35. The lowest BCUT2D eigenvalue weighted by Crippen LogP contribution is -2.42. The second kappa shape index (κ2) is 9.11. The number of carbonyl (C=O) groups is 2. The summed E-state index contributed by atoms with van der Waals surface area (Å²) in [5, 5.41) is 3.63. The maximum atomic E-state index is 12.5. The van der Waals surface area contributed by atoms with Gasteiger partial charge in [0.25, 0.3) is 5.91 Å². The number of ether oxygens (including phenoxy) is 1. The van der Waals surface area contributed by atoms with Crippen LogP contribution < -0.4 is 10.1 Å². The van der Waals surface area contributed by atoms with E-state index in [0.29, 0.717) is 15.8 Å². The Bertz CT molecular complexity index is 855. The van der Waals surface area contributed by atoms with Crippen molar-refractivity contribution >= 4 is 40.7 Å². The maximum Gasteiger partial charge on any atom is 0.263 e. The molecule has 0 heterocycles. The lowest BCUT2D eigenvalue weighted by Gasteiger charge is -2.22. The highest BCUT2D eigenvalue weighted by atomic mass is 35.5. The van der Waals surface area contributed by atoms with E-state index in [1.165, 1.54) is 11.0 Å². The topological polar surface area (TPSA) is 58.6 Å². The largest absolute Gasteiger partial charge is 0.479 e. The normalized spacial score (nSPS) is 11.6. The molecule has 0 fully saturated rings. The lowest BCUT2D eigenvalue weighted by molar-refractivity contribution is -0.139. The van der Waals surface area contributed by atoms with Crippen molar-refractivity contribution in [2.45, 2.75) is 26.9 Å². The molecule has 0 aromatic heterocycles. The van der Waals surface area contributed by atoms with E-state index in [-0.39, 0.29) is 18.4 Å². The Labute approximate surface area is 169 Å². The zero-order valence-corrected chi connectivity index (χ0v) is 17.2. The van der Waals surface area contributed by atoms with Crippen molar-refractivity contribution in [2.24, 2.45) is 0 Å². The van der Waals surface area contributed by atoms with Crippen LogP contribution in [0.5, 0.6) is 5.75 Å². The molecule has 0 aliphatic rings. The monoisotopic (exact) mass is 408 g/mol.